The first-order valence-corrected chi connectivity index (χ1v) is 15.4. The van der Waals surface area contributed by atoms with E-state index in [0.717, 1.165) is 0 Å². The van der Waals surface area contributed by atoms with Gasteiger partial charge in [-0.15, -0.1) is 0 Å². The topological polar surface area (TPSA) is 12.9 Å². The minimum absolute atomic E-state index is 0.737. The van der Waals surface area contributed by atoms with Crippen molar-refractivity contribution in [3.63, 3.8) is 0 Å². The highest BCUT2D eigenvalue weighted by Crippen LogP contribution is 2.38. The molecule has 182 valence electrons. The summed E-state index contributed by atoms with van der Waals surface area (Å²) in [4.78, 5) is 4.28. The summed E-state index contributed by atoms with van der Waals surface area (Å²) in [5.41, 5.74) is 2.42. The van der Waals surface area contributed by atoms with E-state index in [-0.39, 0.29) is 0 Å². The number of nitrogens with zero attached hydrogens (tertiary/aromatic N) is 1. The molecule has 0 N–H and O–H groups in total. The van der Waals surface area contributed by atoms with Crippen molar-refractivity contribution in [3.8, 4) is 11.1 Å². The molecule has 0 bridgehead atoms. The van der Waals surface area contributed by atoms with Crippen LogP contribution in [0.15, 0.2) is 164 Å². The number of hydrogen-bond donors (Lipinski definition) is 0. The molecule has 1 aromatic heterocycles. The Kier molecular flexibility index (Phi) is 7.50. The van der Waals surface area contributed by atoms with Gasteiger partial charge in [0.25, 0.3) is 0 Å². The lowest BCUT2D eigenvalue weighted by Gasteiger charge is -2.25. The van der Waals surface area contributed by atoms with Gasteiger partial charge >= 0.3 is 0 Å². The zero-order valence-electron chi connectivity index (χ0n) is 20.9. The van der Waals surface area contributed by atoms with Crippen molar-refractivity contribution in [1.82, 2.24) is 4.98 Å². The molecule has 6 aromatic rings. The quantitative estimate of drug-likeness (QED) is 0.225. The average molecular weight is 524 g/mol. The summed E-state index contributed by atoms with van der Waals surface area (Å²) < 4.78 is 0. The van der Waals surface area contributed by atoms with Crippen LogP contribution in [0.4, 0.5) is 0 Å². The fraction of sp³-hybridized carbons (Fsp3) is 0. The van der Waals surface area contributed by atoms with Crippen LogP contribution < -0.4 is 31.8 Å². The molecule has 0 amide bonds. The Bertz CT molecular complexity index is 1410. The highest BCUT2D eigenvalue weighted by molar-refractivity contribution is 7.81. The Hall–Kier alpha value is -3.89. The minimum Gasteiger partial charge on any atom is -0.265 e. The normalized spacial score (nSPS) is 11.1. The van der Waals surface area contributed by atoms with Crippen LogP contribution in [0, 0.1) is 0 Å². The second-order valence-electron chi connectivity index (χ2n) is 8.99. The second-order valence-corrected chi connectivity index (χ2v) is 13.4. The first kappa shape index (κ1) is 24.4. The van der Waals surface area contributed by atoms with Gasteiger partial charge in [-0.05, 0) is 89.1 Å². The zero-order valence-corrected chi connectivity index (χ0v) is 22.7. The van der Waals surface area contributed by atoms with Crippen LogP contribution in [0.2, 0.25) is 0 Å². The Balaban J connectivity index is 1.61. The van der Waals surface area contributed by atoms with Gasteiger partial charge in [-0.1, -0.05) is 121 Å². The van der Waals surface area contributed by atoms with Crippen molar-refractivity contribution in [2.45, 2.75) is 0 Å². The van der Waals surface area contributed by atoms with E-state index >= 15 is 0 Å². The average Bonchev–Trinajstić information content (AvgIpc) is 3.00. The van der Waals surface area contributed by atoms with Crippen LogP contribution in [0.1, 0.15) is 0 Å². The lowest BCUT2D eigenvalue weighted by Crippen LogP contribution is -2.26. The largest absolute Gasteiger partial charge is 0.265 e. The van der Waals surface area contributed by atoms with E-state index in [1.54, 1.807) is 0 Å². The monoisotopic (exact) mass is 523 g/mol. The highest BCUT2D eigenvalue weighted by atomic mass is 31.1. The third-order valence-corrected chi connectivity index (χ3v) is 11.3. The Morgan fingerprint density at radius 3 is 1.00 bits per heavy atom. The Labute approximate surface area is 227 Å². The molecule has 0 unspecified atom stereocenters. The molecule has 38 heavy (non-hydrogen) atoms. The van der Waals surface area contributed by atoms with Crippen LogP contribution >= 0.6 is 15.8 Å². The third kappa shape index (κ3) is 5.36. The van der Waals surface area contributed by atoms with E-state index < -0.39 is 15.8 Å². The maximum absolute atomic E-state index is 4.28. The van der Waals surface area contributed by atoms with Gasteiger partial charge in [0.1, 0.15) is 0 Å². The second kappa shape index (κ2) is 11.7. The van der Waals surface area contributed by atoms with Crippen LogP contribution in [0.25, 0.3) is 11.1 Å². The molecule has 0 aliphatic heterocycles. The van der Waals surface area contributed by atoms with Gasteiger partial charge in [0.2, 0.25) is 0 Å². The Morgan fingerprint density at radius 1 is 0.316 bits per heavy atom. The van der Waals surface area contributed by atoms with Crippen molar-refractivity contribution < 1.29 is 0 Å². The van der Waals surface area contributed by atoms with E-state index in [4.69, 9.17) is 0 Å². The van der Waals surface area contributed by atoms with Gasteiger partial charge in [-0.3, -0.25) is 4.98 Å². The number of pyridine rings is 1. The van der Waals surface area contributed by atoms with Crippen LogP contribution in [0.5, 0.6) is 0 Å². The number of hydrogen-bond acceptors (Lipinski definition) is 1. The van der Waals surface area contributed by atoms with Gasteiger partial charge in [0, 0.05) is 12.4 Å². The van der Waals surface area contributed by atoms with Crippen molar-refractivity contribution >= 4 is 47.7 Å². The van der Waals surface area contributed by atoms with Gasteiger partial charge in [0.15, 0.2) is 0 Å². The predicted octanol–water partition coefficient (Wildman–Crippen LogP) is 6.27. The fourth-order valence-electron chi connectivity index (χ4n) is 4.77. The first-order valence-electron chi connectivity index (χ1n) is 12.7. The summed E-state index contributed by atoms with van der Waals surface area (Å²) in [7, 11) is -1.47. The molecular weight excluding hydrogens is 496 g/mol. The summed E-state index contributed by atoms with van der Waals surface area (Å²) in [6.45, 7) is 0. The molecular formula is C35H27NP2. The lowest BCUT2D eigenvalue weighted by molar-refractivity contribution is 1.33. The maximum atomic E-state index is 4.28. The van der Waals surface area contributed by atoms with Crippen molar-refractivity contribution in [2.75, 3.05) is 0 Å². The molecule has 0 aliphatic carbocycles. The summed E-state index contributed by atoms with van der Waals surface area (Å²) in [6.07, 6.45) is 3.77. The minimum atomic E-state index is -0.737. The van der Waals surface area contributed by atoms with Crippen LogP contribution in [-0.4, -0.2) is 4.98 Å². The lowest BCUT2D eigenvalue weighted by atomic mass is 10.1. The molecule has 0 radical (unpaired) electrons. The molecule has 0 fully saturated rings. The summed E-state index contributed by atoms with van der Waals surface area (Å²) in [5.74, 6) is 0. The van der Waals surface area contributed by atoms with Crippen molar-refractivity contribution in [1.29, 1.82) is 0 Å². The van der Waals surface area contributed by atoms with E-state index in [9.17, 15) is 0 Å². The summed E-state index contributed by atoms with van der Waals surface area (Å²) >= 11 is 0. The predicted molar refractivity (Wildman–Crippen MR) is 167 cm³/mol. The van der Waals surface area contributed by atoms with E-state index in [1.807, 2.05) is 12.4 Å². The molecule has 6 rings (SSSR count). The number of rotatable bonds is 7. The molecule has 0 atom stereocenters. The SMILES string of the molecule is c1ccc(P(c2ccccc2)c2cc(-c3ccncc3)cc(P(c3ccccc3)c3ccccc3)c2)cc1. The summed E-state index contributed by atoms with van der Waals surface area (Å²) in [5, 5.41) is 8.15. The van der Waals surface area contributed by atoms with Crippen molar-refractivity contribution in [2.24, 2.45) is 0 Å². The zero-order chi connectivity index (χ0) is 25.6. The van der Waals surface area contributed by atoms with Gasteiger partial charge in [-0.2, -0.15) is 0 Å². The van der Waals surface area contributed by atoms with Gasteiger partial charge < -0.3 is 0 Å². The third-order valence-electron chi connectivity index (χ3n) is 6.49. The molecule has 3 heteroatoms. The molecule has 5 aromatic carbocycles. The molecule has 0 saturated heterocycles. The number of aromatic nitrogens is 1. The maximum Gasteiger partial charge on any atom is 0.0273 e. The molecule has 0 aliphatic rings. The number of benzene rings is 5. The van der Waals surface area contributed by atoms with E-state index in [0.29, 0.717) is 0 Å². The molecule has 1 nitrogen and oxygen atoms in total. The molecule has 0 spiro atoms. The van der Waals surface area contributed by atoms with Gasteiger partial charge in [-0.25, -0.2) is 0 Å². The summed E-state index contributed by atoms with van der Waals surface area (Å²) in [6, 6.07) is 55.3. The smallest absolute Gasteiger partial charge is 0.0273 e. The fourth-order valence-corrected chi connectivity index (χ4v) is 9.61. The molecule has 0 saturated carbocycles. The van der Waals surface area contributed by atoms with Crippen LogP contribution in [0.3, 0.4) is 0 Å². The Morgan fingerprint density at radius 2 is 0.658 bits per heavy atom. The van der Waals surface area contributed by atoms with E-state index in [1.165, 1.54) is 43.0 Å². The molecule has 1 heterocycles. The van der Waals surface area contributed by atoms with E-state index in [2.05, 4.69) is 157 Å². The standard InChI is InChI=1S/C35H27NP2/c1-5-13-30(14-6-1)37(31-15-7-2-8-16-31)34-25-29(28-21-23-36-24-22-28)26-35(27-34)38(32-17-9-3-10-18-32)33-19-11-4-12-20-33/h1-27H. The van der Waals surface area contributed by atoms with Crippen molar-refractivity contribution in [3.05, 3.63) is 164 Å². The highest BCUT2D eigenvalue weighted by Gasteiger charge is 2.22. The van der Waals surface area contributed by atoms with Gasteiger partial charge in [0.05, 0.1) is 0 Å². The first-order chi connectivity index (χ1) is 18.9. The van der Waals surface area contributed by atoms with Crippen LogP contribution in [-0.2, 0) is 0 Å².